The maximum atomic E-state index is 13.1. The molecule has 0 aliphatic rings. The Morgan fingerprint density at radius 2 is 1.50 bits per heavy atom. The van der Waals surface area contributed by atoms with Crippen LogP contribution in [0.1, 0.15) is 21.5 Å². The summed E-state index contributed by atoms with van der Waals surface area (Å²) in [4.78, 5) is 25.6. The number of ether oxygens (including phenoxy) is 1. The maximum Gasteiger partial charge on any atom is 0.262 e. The SMILES string of the molecule is Cc1cccc(NC(=O)COc2cc3ccccc3cc2C(=O)Nc2ccccc2C)c1. The van der Waals surface area contributed by atoms with Gasteiger partial charge in [-0.15, -0.1) is 0 Å². The summed E-state index contributed by atoms with van der Waals surface area (Å²) >= 11 is 0. The summed E-state index contributed by atoms with van der Waals surface area (Å²) in [6.45, 7) is 3.68. The molecule has 0 saturated heterocycles. The van der Waals surface area contributed by atoms with Gasteiger partial charge in [0.05, 0.1) is 5.56 Å². The normalized spacial score (nSPS) is 10.6. The number of hydrogen-bond donors (Lipinski definition) is 2. The van der Waals surface area contributed by atoms with Crippen LogP contribution in [0.15, 0.2) is 84.9 Å². The van der Waals surface area contributed by atoms with E-state index in [-0.39, 0.29) is 18.4 Å². The molecule has 0 fully saturated rings. The summed E-state index contributed by atoms with van der Waals surface area (Å²) in [5, 5.41) is 7.61. The minimum absolute atomic E-state index is 0.211. The first kappa shape index (κ1) is 21.1. The fourth-order valence-corrected chi connectivity index (χ4v) is 3.48. The van der Waals surface area contributed by atoms with Gasteiger partial charge in [-0.1, -0.05) is 54.6 Å². The Kier molecular flexibility index (Phi) is 6.17. The van der Waals surface area contributed by atoms with Crippen molar-refractivity contribution in [3.05, 3.63) is 102 Å². The molecule has 0 spiro atoms. The Morgan fingerprint density at radius 1 is 0.781 bits per heavy atom. The van der Waals surface area contributed by atoms with Crippen molar-refractivity contribution in [3.8, 4) is 5.75 Å². The molecular formula is C27H24N2O3. The van der Waals surface area contributed by atoms with Gasteiger partial charge >= 0.3 is 0 Å². The molecule has 2 amide bonds. The van der Waals surface area contributed by atoms with Crippen molar-refractivity contribution in [1.82, 2.24) is 0 Å². The molecule has 32 heavy (non-hydrogen) atoms. The number of para-hydroxylation sites is 1. The molecule has 0 saturated carbocycles. The zero-order valence-electron chi connectivity index (χ0n) is 18.0. The standard InChI is InChI=1S/C27H24N2O3/c1-18-8-7-12-22(14-18)28-26(30)17-32-25-16-21-11-5-4-10-20(21)15-23(25)27(31)29-24-13-6-3-9-19(24)2/h3-16H,17H2,1-2H3,(H,28,30)(H,29,31). The van der Waals surface area contributed by atoms with Gasteiger partial charge < -0.3 is 15.4 Å². The Morgan fingerprint density at radius 3 is 2.25 bits per heavy atom. The average molecular weight is 425 g/mol. The van der Waals surface area contributed by atoms with E-state index < -0.39 is 0 Å². The van der Waals surface area contributed by atoms with Gasteiger partial charge in [0.25, 0.3) is 11.8 Å². The third kappa shape index (κ3) is 4.95. The number of fused-ring (bicyclic) bond motifs is 1. The van der Waals surface area contributed by atoms with Gasteiger partial charge in [-0.05, 0) is 66.1 Å². The number of aryl methyl sites for hydroxylation is 2. The van der Waals surface area contributed by atoms with E-state index in [4.69, 9.17) is 4.74 Å². The molecule has 2 N–H and O–H groups in total. The first-order valence-electron chi connectivity index (χ1n) is 10.4. The molecule has 0 radical (unpaired) electrons. The summed E-state index contributed by atoms with van der Waals surface area (Å²) in [6.07, 6.45) is 0. The van der Waals surface area contributed by atoms with Crippen LogP contribution in [0.5, 0.6) is 5.75 Å². The number of nitrogens with one attached hydrogen (secondary N) is 2. The number of amides is 2. The van der Waals surface area contributed by atoms with Gasteiger partial charge in [-0.2, -0.15) is 0 Å². The maximum absolute atomic E-state index is 13.1. The van der Waals surface area contributed by atoms with E-state index in [2.05, 4.69) is 10.6 Å². The van der Waals surface area contributed by atoms with Gasteiger partial charge in [-0.3, -0.25) is 9.59 Å². The van der Waals surface area contributed by atoms with Gasteiger partial charge in [0.15, 0.2) is 6.61 Å². The van der Waals surface area contributed by atoms with Crippen molar-refractivity contribution in [2.45, 2.75) is 13.8 Å². The average Bonchev–Trinajstić information content (AvgIpc) is 2.78. The van der Waals surface area contributed by atoms with Crippen molar-refractivity contribution in [1.29, 1.82) is 0 Å². The van der Waals surface area contributed by atoms with E-state index in [1.165, 1.54) is 0 Å². The van der Waals surface area contributed by atoms with Crippen molar-refractivity contribution in [3.63, 3.8) is 0 Å². The zero-order chi connectivity index (χ0) is 22.5. The van der Waals surface area contributed by atoms with Crippen molar-refractivity contribution >= 4 is 34.0 Å². The van der Waals surface area contributed by atoms with Gasteiger partial charge in [0.1, 0.15) is 5.75 Å². The number of anilines is 2. The second-order valence-corrected chi connectivity index (χ2v) is 7.67. The molecule has 5 nitrogen and oxygen atoms in total. The highest BCUT2D eigenvalue weighted by Crippen LogP contribution is 2.27. The Bertz CT molecular complexity index is 1300. The predicted molar refractivity (Wildman–Crippen MR) is 128 cm³/mol. The van der Waals surface area contributed by atoms with E-state index in [1.807, 2.05) is 86.6 Å². The van der Waals surface area contributed by atoms with Crippen LogP contribution in [0.2, 0.25) is 0 Å². The van der Waals surface area contributed by atoms with E-state index in [1.54, 1.807) is 12.1 Å². The van der Waals surface area contributed by atoms with E-state index in [0.717, 1.165) is 27.6 Å². The number of rotatable bonds is 6. The third-order valence-electron chi connectivity index (χ3n) is 5.15. The molecule has 4 rings (SSSR count). The fraction of sp³-hybridized carbons (Fsp3) is 0.111. The van der Waals surface area contributed by atoms with Crippen LogP contribution in [0.3, 0.4) is 0 Å². The summed E-state index contributed by atoms with van der Waals surface area (Å²) in [5.74, 6) is -0.234. The van der Waals surface area contributed by atoms with Crippen LogP contribution in [-0.4, -0.2) is 18.4 Å². The lowest BCUT2D eigenvalue weighted by atomic mass is 10.0. The number of hydrogen-bond acceptors (Lipinski definition) is 3. The molecule has 4 aromatic rings. The minimum Gasteiger partial charge on any atom is -0.483 e. The first-order valence-corrected chi connectivity index (χ1v) is 10.4. The van der Waals surface area contributed by atoms with E-state index >= 15 is 0 Å². The lowest BCUT2D eigenvalue weighted by Crippen LogP contribution is -2.21. The molecule has 0 unspecified atom stereocenters. The van der Waals surface area contributed by atoms with Crippen molar-refractivity contribution in [2.24, 2.45) is 0 Å². The van der Waals surface area contributed by atoms with Crippen LogP contribution >= 0.6 is 0 Å². The van der Waals surface area contributed by atoms with Gasteiger partial charge in [-0.25, -0.2) is 0 Å². The molecule has 5 heteroatoms. The van der Waals surface area contributed by atoms with Crippen LogP contribution in [0.25, 0.3) is 10.8 Å². The highest BCUT2D eigenvalue weighted by Gasteiger charge is 2.16. The van der Waals surface area contributed by atoms with E-state index in [9.17, 15) is 9.59 Å². The summed E-state index contributed by atoms with van der Waals surface area (Å²) in [7, 11) is 0. The molecular weight excluding hydrogens is 400 g/mol. The Balaban J connectivity index is 1.57. The Labute approximate surface area is 187 Å². The highest BCUT2D eigenvalue weighted by molar-refractivity contribution is 6.09. The van der Waals surface area contributed by atoms with Crippen molar-refractivity contribution < 1.29 is 14.3 Å². The fourth-order valence-electron chi connectivity index (χ4n) is 3.48. The second kappa shape index (κ2) is 9.35. The lowest BCUT2D eigenvalue weighted by molar-refractivity contribution is -0.118. The quantitative estimate of drug-likeness (QED) is 0.416. The Hall–Kier alpha value is -4.12. The van der Waals surface area contributed by atoms with Crippen LogP contribution in [0, 0.1) is 13.8 Å². The first-order chi connectivity index (χ1) is 15.5. The number of carbonyl (C=O) groups excluding carboxylic acids is 2. The second-order valence-electron chi connectivity index (χ2n) is 7.67. The molecule has 0 bridgehead atoms. The van der Waals surface area contributed by atoms with Crippen molar-refractivity contribution in [2.75, 3.05) is 17.2 Å². The topological polar surface area (TPSA) is 67.4 Å². The van der Waals surface area contributed by atoms with Gasteiger partial charge in [0.2, 0.25) is 0 Å². The lowest BCUT2D eigenvalue weighted by Gasteiger charge is -2.14. The van der Waals surface area contributed by atoms with Crippen LogP contribution < -0.4 is 15.4 Å². The third-order valence-corrected chi connectivity index (χ3v) is 5.15. The summed E-state index contributed by atoms with van der Waals surface area (Å²) in [5.41, 5.74) is 3.81. The molecule has 0 heterocycles. The number of carbonyl (C=O) groups is 2. The summed E-state index contributed by atoms with van der Waals surface area (Å²) < 4.78 is 5.83. The monoisotopic (exact) mass is 424 g/mol. The largest absolute Gasteiger partial charge is 0.483 e. The minimum atomic E-state index is -0.297. The smallest absolute Gasteiger partial charge is 0.262 e. The number of benzene rings is 4. The molecule has 0 aliphatic heterocycles. The molecule has 0 aromatic heterocycles. The van der Waals surface area contributed by atoms with Gasteiger partial charge in [0, 0.05) is 11.4 Å². The van der Waals surface area contributed by atoms with Crippen LogP contribution in [-0.2, 0) is 4.79 Å². The molecule has 0 atom stereocenters. The highest BCUT2D eigenvalue weighted by atomic mass is 16.5. The molecule has 4 aromatic carbocycles. The van der Waals surface area contributed by atoms with Crippen LogP contribution in [0.4, 0.5) is 11.4 Å². The molecule has 0 aliphatic carbocycles. The molecule has 160 valence electrons. The zero-order valence-corrected chi connectivity index (χ0v) is 18.0. The predicted octanol–water partition coefficient (Wildman–Crippen LogP) is 5.73. The van der Waals surface area contributed by atoms with E-state index in [0.29, 0.717) is 17.0 Å². The summed E-state index contributed by atoms with van der Waals surface area (Å²) in [6, 6.07) is 26.4.